The second-order valence-corrected chi connectivity index (χ2v) is 11.9. The molecule has 0 aliphatic rings. The first-order valence-corrected chi connectivity index (χ1v) is 16.1. The van der Waals surface area contributed by atoms with Crippen molar-refractivity contribution in [1.29, 1.82) is 0 Å². The minimum atomic E-state index is -0.600. The van der Waals surface area contributed by atoms with Crippen molar-refractivity contribution in [3.63, 3.8) is 0 Å². The second-order valence-electron chi connectivity index (χ2n) is 10.3. The Morgan fingerprint density at radius 3 is 2.08 bits per heavy atom. The third-order valence-electron chi connectivity index (χ3n) is 7.11. The van der Waals surface area contributed by atoms with Crippen LogP contribution in [0.4, 0.5) is 11.4 Å². The minimum absolute atomic E-state index is 0.0187. The fourth-order valence-electron chi connectivity index (χ4n) is 4.64. The van der Waals surface area contributed by atoms with Gasteiger partial charge in [-0.05, 0) is 71.8 Å². The van der Waals surface area contributed by atoms with Crippen LogP contribution in [0.1, 0.15) is 26.7 Å². The maximum Gasteiger partial charge on any atom is 0.272 e. The molecule has 3 N–H and O–H groups in total. The van der Waals surface area contributed by atoms with Crippen LogP contribution in [-0.2, 0) is 9.59 Å². The molecule has 0 heterocycles. The first kappa shape index (κ1) is 33.8. The van der Waals surface area contributed by atoms with E-state index in [-0.39, 0.29) is 11.6 Å². The van der Waals surface area contributed by atoms with Crippen LogP contribution in [0.25, 0.3) is 6.08 Å². The number of carbonyl (C=O) groups excluding carboxylic acids is 3. The second kappa shape index (κ2) is 16.4. The van der Waals surface area contributed by atoms with Gasteiger partial charge in [0.15, 0.2) is 0 Å². The molecule has 48 heavy (non-hydrogen) atoms. The summed E-state index contributed by atoms with van der Waals surface area (Å²) in [5.41, 5.74) is 2.81. The van der Waals surface area contributed by atoms with E-state index in [1.54, 1.807) is 92.0 Å². The first-order chi connectivity index (χ1) is 23.3. The van der Waals surface area contributed by atoms with Crippen molar-refractivity contribution in [2.24, 2.45) is 0 Å². The summed E-state index contributed by atoms with van der Waals surface area (Å²) in [4.78, 5) is 40.9. The third kappa shape index (κ3) is 8.85. The monoisotopic (exact) mass is 677 g/mol. The molecule has 1 unspecified atom stereocenters. The van der Waals surface area contributed by atoms with Gasteiger partial charge in [0.1, 0.15) is 22.4 Å². The molecule has 0 bridgehead atoms. The molecule has 5 rings (SSSR count). The molecule has 0 aliphatic heterocycles. The predicted octanol–water partition coefficient (Wildman–Crippen LogP) is 8.24. The zero-order valence-corrected chi connectivity index (χ0v) is 27.7. The Balaban J connectivity index is 1.34. The van der Waals surface area contributed by atoms with Crippen molar-refractivity contribution in [1.82, 2.24) is 5.32 Å². The molecule has 1 atom stereocenters. The number of ether oxygens (including phenoxy) is 2. The van der Waals surface area contributed by atoms with Gasteiger partial charge in [-0.25, -0.2) is 0 Å². The van der Waals surface area contributed by atoms with Gasteiger partial charge >= 0.3 is 0 Å². The van der Waals surface area contributed by atoms with Crippen molar-refractivity contribution >= 4 is 58.5 Å². The van der Waals surface area contributed by atoms with Crippen LogP contribution >= 0.6 is 23.4 Å². The van der Waals surface area contributed by atoms with Crippen LogP contribution in [0, 0.1) is 0 Å². The van der Waals surface area contributed by atoms with Gasteiger partial charge in [0.2, 0.25) is 5.91 Å². The Labute approximate surface area is 288 Å². The number of hydrogen-bond donors (Lipinski definition) is 3. The van der Waals surface area contributed by atoms with E-state index in [2.05, 4.69) is 16.0 Å². The molecule has 0 saturated carbocycles. The van der Waals surface area contributed by atoms with Crippen LogP contribution < -0.4 is 25.4 Å². The topological polar surface area (TPSA) is 106 Å². The Bertz CT molecular complexity index is 1920. The zero-order valence-electron chi connectivity index (χ0n) is 26.1. The Hall–Kier alpha value is -5.51. The van der Waals surface area contributed by atoms with E-state index in [0.717, 1.165) is 10.5 Å². The molecular formula is C38H32ClN3O5S. The molecule has 0 saturated heterocycles. The van der Waals surface area contributed by atoms with E-state index in [4.69, 9.17) is 21.1 Å². The fraction of sp³-hybridized carbons (Fsp3) is 0.0789. The van der Waals surface area contributed by atoms with E-state index in [9.17, 15) is 14.4 Å². The summed E-state index contributed by atoms with van der Waals surface area (Å²) in [7, 11) is 3.09. The van der Waals surface area contributed by atoms with Crippen molar-refractivity contribution in [3.8, 4) is 11.5 Å². The summed E-state index contributed by atoms with van der Waals surface area (Å²) in [5.74, 6) is -0.128. The summed E-state index contributed by atoms with van der Waals surface area (Å²) in [6.45, 7) is 0. The molecule has 5 aromatic rings. The van der Waals surface area contributed by atoms with E-state index < -0.39 is 17.1 Å². The lowest BCUT2D eigenvalue weighted by atomic mass is 10.1. The van der Waals surface area contributed by atoms with Crippen LogP contribution in [0.2, 0.25) is 5.02 Å². The van der Waals surface area contributed by atoms with Gasteiger partial charge in [-0.3, -0.25) is 14.4 Å². The maximum atomic E-state index is 13.7. The molecule has 0 radical (unpaired) electrons. The number of benzene rings is 5. The van der Waals surface area contributed by atoms with Crippen molar-refractivity contribution in [3.05, 3.63) is 155 Å². The largest absolute Gasteiger partial charge is 0.497 e. The van der Waals surface area contributed by atoms with Gasteiger partial charge in [0, 0.05) is 27.2 Å². The molecule has 0 aromatic heterocycles. The van der Waals surface area contributed by atoms with Crippen LogP contribution in [0.3, 0.4) is 0 Å². The van der Waals surface area contributed by atoms with E-state index in [1.807, 2.05) is 42.5 Å². The molecule has 8 nitrogen and oxygen atoms in total. The molecule has 0 fully saturated rings. The lowest BCUT2D eigenvalue weighted by molar-refractivity contribution is -0.116. The van der Waals surface area contributed by atoms with Gasteiger partial charge in [0.05, 0.1) is 19.9 Å². The number of hydrogen-bond acceptors (Lipinski definition) is 6. The molecule has 3 amide bonds. The molecule has 10 heteroatoms. The number of halogens is 1. The van der Waals surface area contributed by atoms with Gasteiger partial charge in [0.25, 0.3) is 11.8 Å². The highest BCUT2D eigenvalue weighted by atomic mass is 35.5. The van der Waals surface area contributed by atoms with Gasteiger partial charge < -0.3 is 25.4 Å². The highest BCUT2D eigenvalue weighted by Crippen LogP contribution is 2.38. The van der Waals surface area contributed by atoms with E-state index in [0.29, 0.717) is 39.0 Å². The standard InChI is InChI=1S/C38H32ClN3O5S/c1-46-29-19-22-32(34(24-29)47-2)41-38(45)35(25-11-5-3-6-12-25)48-30-20-17-28(18-21-30)40-37(44)33(23-27-15-9-10-16-31(27)39)42-36(43)26-13-7-4-8-14-26/h3-24,35H,1-2H3,(H,40,44)(H,41,45)(H,42,43)/b33-23-. The SMILES string of the molecule is COc1ccc(NC(=O)C(Sc2ccc(NC(=O)/C(=C/c3ccccc3Cl)NC(=O)c3ccccc3)cc2)c2ccccc2)c(OC)c1. The Morgan fingerprint density at radius 1 is 0.750 bits per heavy atom. The third-order valence-corrected chi connectivity index (χ3v) is 8.72. The minimum Gasteiger partial charge on any atom is -0.497 e. The summed E-state index contributed by atoms with van der Waals surface area (Å²) in [5, 5.41) is 8.39. The van der Waals surface area contributed by atoms with Crippen LogP contribution in [0.15, 0.2) is 138 Å². The molecule has 0 aliphatic carbocycles. The number of rotatable bonds is 12. The summed E-state index contributed by atoms with van der Waals surface area (Å²) in [6.07, 6.45) is 1.53. The number of thioether (sulfide) groups is 1. The zero-order chi connectivity index (χ0) is 33.9. The van der Waals surface area contributed by atoms with E-state index in [1.165, 1.54) is 24.9 Å². The summed E-state index contributed by atoms with van der Waals surface area (Å²) in [6, 6.07) is 37.4. The number of amides is 3. The Morgan fingerprint density at radius 2 is 1.42 bits per heavy atom. The van der Waals surface area contributed by atoms with Crippen molar-refractivity contribution in [2.45, 2.75) is 10.1 Å². The first-order valence-electron chi connectivity index (χ1n) is 14.8. The van der Waals surface area contributed by atoms with Crippen molar-refractivity contribution < 1.29 is 23.9 Å². The maximum absolute atomic E-state index is 13.7. The molecule has 5 aromatic carbocycles. The number of methoxy groups -OCH3 is 2. The highest BCUT2D eigenvalue weighted by Gasteiger charge is 2.24. The fourth-order valence-corrected chi connectivity index (χ4v) is 5.86. The van der Waals surface area contributed by atoms with Crippen molar-refractivity contribution in [2.75, 3.05) is 24.9 Å². The summed E-state index contributed by atoms with van der Waals surface area (Å²) >= 11 is 7.71. The average Bonchev–Trinajstić information content (AvgIpc) is 3.12. The summed E-state index contributed by atoms with van der Waals surface area (Å²) < 4.78 is 10.7. The molecule has 242 valence electrons. The van der Waals surface area contributed by atoms with Gasteiger partial charge in [-0.2, -0.15) is 0 Å². The van der Waals surface area contributed by atoms with Gasteiger partial charge in [-0.1, -0.05) is 78.3 Å². The number of anilines is 2. The number of nitrogens with one attached hydrogen (secondary N) is 3. The van der Waals surface area contributed by atoms with Gasteiger partial charge in [-0.15, -0.1) is 11.8 Å². The lowest BCUT2D eigenvalue weighted by Crippen LogP contribution is -2.30. The molecule has 0 spiro atoms. The van der Waals surface area contributed by atoms with Crippen LogP contribution in [0.5, 0.6) is 11.5 Å². The quantitative estimate of drug-likeness (QED) is 0.0908. The normalized spacial score (nSPS) is 11.6. The Kier molecular flexibility index (Phi) is 11.5. The van der Waals surface area contributed by atoms with E-state index >= 15 is 0 Å². The lowest BCUT2D eigenvalue weighted by Gasteiger charge is -2.19. The smallest absolute Gasteiger partial charge is 0.272 e. The van der Waals surface area contributed by atoms with Crippen LogP contribution in [-0.4, -0.2) is 31.9 Å². The molecular weight excluding hydrogens is 646 g/mol. The number of carbonyl (C=O) groups is 3. The highest BCUT2D eigenvalue weighted by molar-refractivity contribution is 8.00. The predicted molar refractivity (Wildman–Crippen MR) is 192 cm³/mol. The average molecular weight is 678 g/mol.